The van der Waals surface area contributed by atoms with Gasteiger partial charge in [0.1, 0.15) is 10.7 Å². The summed E-state index contributed by atoms with van der Waals surface area (Å²) in [5.74, 6) is -0.676. The Bertz CT molecular complexity index is 476. The van der Waals surface area contributed by atoms with Crippen molar-refractivity contribution in [2.45, 2.75) is 4.90 Å². The summed E-state index contributed by atoms with van der Waals surface area (Å²) in [6, 6.07) is 3.13. The fourth-order valence-electron chi connectivity index (χ4n) is 1.16. The predicted octanol–water partition coefficient (Wildman–Crippen LogP) is 0.0207. The van der Waals surface area contributed by atoms with Gasteiger partial charge in [0.25, 0.3) is 0 Å². The zero-order valence-corrected chi connectivity index (χ0v) is 9.54. The number of hydrogen-bond donors (Lipinski definition) is 2. The van der Waals surface area contributed by atoms with E-state index in [0.717, 1.165) is 16.4 Å². The van der Waals surface area contributed by atoms with Crippen LogP contribution in [0.2, 0.25) is 0 Å². The second-order valence-corrected chi connectivity index (χ2v) is 5.25. The fraction of sp³-hybridized carbons (Fsp3) is 0.333. The van der Waals surface area contributed by atoms with Crippen LogP contribution in [0.1, 0.15) is 0 Å². The molecule has 16 heavy (non-hydrogen) atoms. The van der Waals surface area contributed by atoms with Crippen molar-refractivity contribution in [2.75, 3.05) is 25.9 Å². The molecule has 1 aromatic rings. The number of nitrogens with zero attached hydrogens (tertiary/aromatic N) is 1. The molecule has 0 saturated carbocycles. The maximum atomic E-state index is 12.9. The Morgan fingerprint density at radius 2 is 2.12 bits per heavy atom. The average molecular weight is 248 g/mol. The molecule has 5 nitrogen and oxygen atoms in total. The Balaban J connectivity index is 3.21. The van der Waals surface area contributed by atoms with Gasteiger partial charge in [0.05, 0.1) is 12.3 Å². The number of anilines is 1. The first-order valence-electron chi connectivity index (χ1n) is 4.52. The molecule has 3 N–H and O–H groups in total. The van der Waals surface area contributed by atoms with Crippen LogP contribution in [0.5, 0.6) is 0 Å². The second kappa shape index (κ2) is 4.77. The third-order valence-corrected chi connectivity index (χ3v) is 3.99. The molecule has 0 aliphatic carbocycles. The molecule has 0 amide bonds. The molecule has 0 saturated heterocycles. The molecule has 0 atom stereocenters. The Morgan fingerprint density at radius 1 is 1.50 bits per heavy atom. The number of aliphatic hydroxyl groups is 1. The van der Waals surface area contributed by atoms with Gasteiger partial charge in [-0.3, -0.25) is 0 Å². The van der Waals surface area contributed by atoms with Gasteiger partial charge in [0.15, 0.2) is 0 Å². The molecule has 1 aromatic carbocycles. The fourth-order valence-corrected chi connectivity index (χ4v) is 2.45. The highest BCUT2D eigenvalue weighted by molar-refractivity contribution is 7.89. The maximum Gasteiger partial charge on any atom is 0.245 e. The molecule has 0 fully saturated rings. The molecule has 0 aromatic heterocycles. The van der Waals surface area contributed by atoms with Crippen molar-refractivity contribution >= 4 is 15.7 Å². The van der Waals surface area contributed by atoms with Gasteiger partial charge in [-0.25, -0.2) is 12.8 Å². The molecule has 0 heterocycles. The minimum absolute atomic E-state index is 0.0220. The number of nitrogens with two attached hydrogens (primary N) is 1. The van der Waals surface area contributed by atoms with Crippen LogP contribution in [0.3, 0.4) is 0 Å². The highest BCUT2D eigenvalue weighted by Crippen LogP contribution is 2.22. The monoisotopic (exact) mass is 248 g/mol. The lowest BCUT2D eigenvalue weighted by molar-refractivity contribution is 0.266. The molecule has 0 bridgehead atoms. The van der Waals surface area contributed by atoms with Crippen molar-refractivity contribution in [3.05, 3.63) is 24.0 Å². The first-order valence-corrected chi connectivity index (χ1v) is 5.96. The van der Waals surface area contributed by atoms with Crippen molar-refractivity contribution in [1.82, 2.24) is 4.31 Å². The molecule has 1 rings (SSSR count). The van der Waals surface area contributed by atoms with E-state index in [1.165, 1.54) is 13.1 Å². The molecular formula is C9H13FN2O3S. The van der Waals surface area contributed by atoms with E-state index < -0.39 is 15.8 Å². The van der Waals surface area contributed by atoms with Crippen LogP contribution in [0, 0.1) is 5.82 Å². The Kier molecular flexibility index (Phi) is 3.84. The van der Waals surface area contributed by atoms with E-state index in [4.69, 9.17) is 10.8 Å². The number of aliphatic hydroxyl groups excluding tert-OH is 1. The van der Waals surface area contributed by atoms with Crippen LogP contribution in [0.25, 0.3) is 0 Å². The van der Waals surface area contributed by atoms with Gasteiger partial charge in [-0.15, -0.1) is 0 Å². The van der Waals surface area contributed by atoms with E-state index in [1.807, 2.05) is 0 Å². The lowest BCUT2D eigenvalue weighted by Gasteiger charge is -2.17. The highest BCUT2D eigenvalue weighted by atomic mass is 32.2. The molecular weight excluding hydrogens is 235 g/mol. The standard InChI is InChI=1S/C9H13FN2O3S/c1-12(4-5-13)16(14,15)9-6-7(10)2-3-8(9)11/h2-3,6,13H,4-5,11H2,1H3. The number of rotatable bonds is 4. The largest absolute Gasteiger partial charge is 0.398 e. The highest BCUT2D eigenvalue weighted by Gasteiger charge is 2.23. The number of nitrogen functional groups attached to an aromatic ring is 1. The van der Waals surface area contributed by atoms with Crippen molar-refractivity contribution in [2.24, 2.45) is 0 Å². The van der Waals surface area contributed by atoms with Crippen LogP contribution in [0.15, 0.2) is 23.1 Å². The zero-order chi connectivity index (χ0) is 12.3. The first kappa shape index (κ1) is 12.9. The third kappa shape index (κ3) is 2.49. The summed E-state index contributed by atoms with van der Waals surface area (Å²) in [6.45, 7) is -0.386. The van der Waals surface area contributed by atoms with Crippen molar-refractivity contribution in [3.63, 3.8) is 0 Å². The van der Waals surface area contributed by atoms with Crippen LogP contribution >= 0.6 is 0 Å². The lowest BCUT2D eigenvalue weighted by atomic mass is 10.3. The van der Waals surface area contributed by atoms with Gasteiger partial charge in [0.2, 0.25) is 10.0 Å². The molecule has 90 valence electrons. The summed E-state index contributed by atoms with van der Waals surface area (Å²) in [6.07, 6.45) is 0. The van der Waals surface area contributed by atoms with Gasteiger partial charge in [-0.05, 0) is 18.2 Å². The van der Waals surface area contributed by atoms with E-state index in [-0.39, 0.29) is 23.7 Å². The lowest BCUT2D eigenvalue weighted by Crippen LogP contribution is -2.30. The van der Waals surface area contributed by atoms with Crippen LogP contribution < -0.4 is 5.73 Å². The van der Waals surface area contributed by atoms with Crippen molar-refractivity contribution in [1.29, 1.82) is 0 Å². The van der Waals surface area contributed by atoms with E-state index in [0.29, 0.717) is 0 Å². The zero-order valence-electron chi connectivity index (χ0n) is 8.72. The quantitative estimate of drug-likeness (QED) is 0.736. The minimum atomic E-state index is -3.85. The summed E-state index contributed by atoms with van der Waals surface area (Å²) in [7, 11) is -2.56. The summed E-state index contributed by atoms with van der Waals surface area (Å²) in [5.41, 5.74) is 5.45. The van der Waals surface area contributed by atoms with Gasteiger partial charge in [0, 0.05) is 13.6 Å². The van der Waals surface area contributed by atoms with Crippen molar-refractivity contribution < 1.29 is 17.9 Å². The minimum Gasteiger partial charge on any atom is -0.398 e. The number of hydrogen-bond acceptors (Lipinski definition) is 4. The van der Waals surface area contributed by atoms with Crippen molar-refractivity contribution in [3.8, 4) is 0 Å². The van der Waals surface area contributed by atoms with E-state index in [9.17, 15) is 12.8 Å². The van der Waals surface area contributed by atoms with Gasteiger partial charge in [-0.2, -0.15) is 4.31 Å². The summed E-state index contributed by atoms with van der Waals surface area (Å²) >= 11 is 0. The number of benzene rings is 1. The molecule has 0 aliphatic rings. The smallest absolute Gasteiger partial charge is 0.245 e. The normalized spacial score (nSPS) is 12.0. The first-order chi connectivity index (χ1) is 7.39. The third-order valence-electron chi connectivity index (χ3n) is 2.08. The molecule has 0 spiro atoms. The Labute approximate surface area is 93.3 Å². The summed E-state index contributed by atoms with van der Waals surface area (Å²) in [5, 5.41) is 8.66. The van der Waals surface area contributed by atoms with Crippen LogP contribution in [-0.2, 0) is 10.0 Å². The van der Waals surface area contributed by atoms with Gasteiger partial charge in [-0.1, -0.05) is 0 Å². The second-order valence-electron chi connectivity index (χ2n) is 3.23. The maximum absolute atomic E-state index is 12.9. The number of likely N-dealkylation sites (N-methyl/N-ethyl adjacent to an activating group) is 1. The SMILES string of the molecule is CN(CCO)S(=O)(=O)c1cc(F)ccc1N. The molecule has 0 radical (unpaired) electrons. The van der Waals surface area contributed by atoms with E-state index in [2.05, 4.69) is 0 Å². The Morgan fingerprint density at radius 3 is 2.69 bits per heavy atom. The Hall–Kier alpha value is -1.18. The number of halogens is 1. The molecule has 7 heteroatoms. The average Bonchev–Trinajstić information content (AvgIpc) is 2.22. The topological polar surface area (TPSA) is 83.6 Å². The number of sulfonamides is 1. The van der Waals surface area contributed by atoms with Gasteiger partial charge >= 0.3 is 0 Å². The predicted molar refractivity (Wildman–Crippen MR) is 57.7 cm³/mol. The summed E-state index contributed by atoms with van der Waals surface area (Å²) < 4.78 is 37.6. The van der Waals surface area contributed by atoms with E-state index in [1.54, 1.807) is 0 Å². The summed E-state index contributed by atoms with van der Waals surface area (Å²) in [4.78, 5) is -0.288. The molecule has 0 aliphatic heterocycles. The van der Waals surface area contributed by atoms with Crippen LogP contribution in [0.4, 0.5) is 10.1 Å². The van der Waals surface area contributed by atoms with E-state index >= 15 is 0 Å². The van der Waals surface area contributed by atoms with Crippen LogP contribution in [-0.4, -0.2) is 38.0 Å². The van der Waals surface area contributed by atoms with Gasteiger partial charge < -0.3 is 10.8 Å². The molecule has 0 unspecified atom stereocenters.